The molecule has 5 rings (SSSR count). The first-order chi connectivity index (χ1) is 18.1. The van der Waals surface area contributed by atoms with Crippen LogP contribution >= 0.6 is 0 Å². The van der Waals surface area contributed by atoms with Crippen molar-refractivity contribution in [2.24, 2.45) is 0 Å². The zero-order valence-corrected chi connectivity index (χ0v) is 22.0. The highest BCUT2D eigenvalue weighted by molar-refractivity contribution is 6.35. The summed E-state index contributed by atoms with van der Waals surface area (Å²) >= 11 is 0. The lowest BCUT2D eigenvalue weighted by atomic mass is 9.79. The fourth-order valence-corrected chi connectivity index (χ4v) is 5.42. The van der Waals surface area contributed by atoms with Crippen molar-refractivity contribution in [3.8, 4) is 17.2 Å². The van der Waals surface area contributed by atoms with Gasteiger partial charge >= 0.3 is 0 Å². The van der Waals surface area contributed by atoms with Gasteiger partial charge in [0.25, 0.3) is 0 Å². The van der Waals surface area contributed by atoms with E-state index in [2.05, 4.69) is 11.8 Å². The lowest BCUT2D eigenvalue weighted by Gasteiger charge is -2.32. The molecule has 192 valence electrons. The number of carbonyl (C=O) groups is 1. The molecule has 0 aromatic heterocycles. The second-order valence-electron chi connectivity index (χ2n) is 9.77. The number of ketones is 1. The zero-order chi connectivity index (χ0) is 25.8. The molecule has 1 aliphatic heterocycles. The van der Waals surface area contributed by atoms with Crippen LogP contribution in [0.15, 0.2) is 66.7 Å². The van der Waals surface area contributed by atoms with Crippen LogP contribution in [0.3, 0.4) is 0 Å². The van der Waals surface area contributed by atoms with Crippen LogP contribution in [0.5, 0.6) is 17.2 Å². The average molecular weight is 498 g/mol. The molecule has 3 aromatic carbocycles. The fourth-order valence-electron chi connectivity index (χ4n) is 5.42. The summed E-state index contributed by atoms with van der Waals surface area (Å²) in [6, 6.07) is 21.6. The van der Waals surface area contributed by atoms with E-state index in [-0.39, 0.29) is 12.0 Å². The molecular formula is C32H35NO4. The van der Waals surface area contributed by atoms with Crippen LogP contribution in [-0.2, 0) is 6.42 Å². The minimum absolute atomic E-state index is 0.0198. The SMILES string of the molecule is COc1ccc(C2=C(C(=O)c3ccc(OC(C)N4CCCCC4)cc3)c3ccc(OC)cc3CC2)cc1. The first kappa shape index (κ1) is 25.1. The number of rotatable bonds is 8. The average Bonchev–Trinajstić information content (AvgIpc) is 2.96. The molecule has 0 bridgehead atoms. The summed E-state index contributed by atoms with van der Waals surface area (Å²) in [5, 5.41) is 0. The van der Waals surface area contributed by atoms with Crippen molar-refractivity contribution in [3.05, 3.63) is 89.0 Å². The van der Waals surface area contributed by atoms with Crippen LogP contribution < -0.4 is 14.2 Å². The van der Waals surface area contributed by atoms with Gasteiger partial charge in [0.1, 0.15) is 23.5 Å². The van der Waals surface area contributed by atoms with Crippen molar-refractivity contribution >= 4 is 16.9 Å². The molecule has 1 heterocycles. The molecule has 0 N–H and O–H groups in total. The van der Waals surface area contributed by atoms with Crippen LogP contribution in [-0.4, -0.2) is 44.2 Å². The molecule has 0 amide bonds. The second kappa shape index (κ2) is 11.2. The molecule has 1 saturated heterocycles. The van der Waals surface area contributed by atoms with Gasteiger partial charge in [0, 0.05) is 24.2 Å². The minimum atomic E-state index is 0.0198. The number of methoxy groups -OCH3 is 2. The summed E-state index contributed by atoms with van der Waals surface area (Å²) in [5.41, 5.74) is 5.62. The van der Waals surface area contributed by atoms with E-state index in [4.69, 9.17) is 14.2 Å². The van der Waals surface area contributed by atoms with Gasteiger partial charge in [-0.25, -0.2) is 0 Å². The van der Waals surface area contributed by atoms with Crippen molar-refractivity contribution in [2.45, 2.75) is 45.3 Å². The topological polar surface area (TPSA) is 48.0 Å². The molecule has 5 heteroatoms. The van der Waals surface area contributed by atoms with Crippen LogP contribution in [0.25, 0.3) is 11.1 Å². The first-order valence-electron chi connectivity index (χ1n) is 13.2. The summed E-state index contributed by atoms with van der Waals surface area (Å²) in [5.74, 6) is 2.41. The third kappa shape index (κ3) is 5.42. The summed E-state index contributed by atoms with van der Waals surface area (Å²) in [6.07, 6.45) is 5.39. The molecule has 0 saturated carbocycles. The smallest absolute Gasteiger partial charge is 0.193 e. The first-order valence-corrected chi connectivity index (χ1v) is 13.2. The number of aryl methyl sites for hydroxylation is 1. The number of likely N-dealkylation sites (tertiary alicyclic amines) is 1. The van der Waals surface area contributed by atoms with Crippen molar-refractivity contribution < 1.29 is 19.0 Å². The Balaban J connectivity index is 1.46. The van der Waals surface area contributed by atoms with Crippen LogP contribution in [0.2, 0.25) is 0 Å². The molecule has 1 aliphatic carbocycles. The standard InChI is InChI=1S/C32H35NO4/c1-22(33-19-5-4-6-20-33)37-27-14-9-24(10-15-27)32(34)31-29(23-7-12-26(35-2)13-8-23)17-11-25-21-28(36-3)16-18-30(25)31/h7-10,12-16,18,21-22H,4-6,11,17,19-20H2,1-3H3. The summed E-state index contributed by atoms with van der Waals surface area (Å²) in [7, 11) is 3.33. The largest absolute Gasteiger partial charge is 0.497 e. The van der Waals surface area contributed by atoms with Gasteiger partial charge in [0.05, 0.1) is 14.2 Å². The van der Waals surface area contributed by atoms with Gasteiger partial charge in [-0.15, -0.1) is 0 Å². The maximum atomic E-state index is 14.0. The predicted molar refractivity (Wildman–Crippen MR) is 147 cm³/mol. The Hall–Kier alpha value is -3.57. The van der Waals surface area contributed by atoms with Crippen LogP contribution in [0, 0.1) is 0 Å². The maximum Gasteiger partial charge on any atom is 0.193 e. The van der Waals surface area contributed by atoms with E-state index in [9.17, 15) is 4.79 Å². The Labute approximate surface area is 219 Å². The fraction of sp³-hybridized carbons (Fsp3) is 0.344. The minimum Gasteiger partial charge on any atom is -0.497 e. The molecular weight excluding hydrogens is 462 g/mol. The quantitative estimate of drug-likeness (QED) is 0.326. The number of ether oxygens (including phenoxy) is 3. The van der Waals surface area contributed by atoms with Gasteiger partial charge in [-0.3, -0.25) is 9.69 Å². The Kier molecular flexibility index (Phi) is 7.61. The Bertz CT molecular complexity index is 1270. The highest BCUT2D eigenvalue weighted by Crippen LogP contribution is 2.40. The van der Waals surface area contributed by atoms with Crippen LogP contribution in [0.4, 0.5) is 0 Å². The van der Waals surface area contributed by atoms with E-state index < -0.39 is 0 Å². The van der Waals surface area contributed by atoms with Crippen molar-refractivity contribution in [2.75, 3.05) is 27.3 Å². The van der Waals surface area contributed by atoms with Gasteiger partial charge < -0.3 is 14.2 Å². The Morgan fingerprint density at radius 3 is 2.11 bits per heavy atom. The van der Waals surface area contributed by atoms with E-state index in [0.29, 0.717) is 5.56 Å². The van der Waals surface area contributed by atoms with E-state index in [0.717, 1.165) is 71.0 Å². The van der Waals surface area contributed by atoms with Crippen LogP contribution in [0.1, 0.15) is 59.7 Å². The molecule has 5 nitrogen and oxygen atoms in total. The number of hydrogen-bond acceptors (Lipinski definition) is 5. The van der Waals surface area contributed by atoms with E-state index in [1.807, 2.05) is 66.7 Å². The molecule has 0 radical (unpaired) electrons. The molecule has 3 aromatic rings. The highest BCUT2D eigenvalue weighted by Gasteiger charge is 2.27. The third-order valence-corrected chi connectivity index (χ3v) is 7.52. The number of fused-ring (bicyclic) bond motifs is 1. The Morgan fingerprint density at radius 1 is 0.784 bits per heavy atom. The van der Waals surface area contributed by atoms with E-state index >= 15 is 0 Å². The normalized spacial score (nSPS) is 16.6. The highest BCUT2D eigenvalue weighted by atomic mass is 16.5. The molecule has 1 unspecified atom stereocenters. The lowest BCUT2D eigenvalue weighted by Crippen LogP contribution is -2.40. The molecule has 2 aliphatic rings. The van der Waals surface area contributed by atoms with Gasteiger partial charge in [-0.2, -0.15) is 0 Å². The summed E-state index contributed by atoms with van der Waals surface area (Å²) in [4.78, 5) is 16.4. The Morgan fingerprint density at radius 2 is 1.43 bits per heavy atom. The van der Waals surface area contributed by atoms with Gasteiger partial charge in [0.2, 0.25) is 0 Å². The summed E-state index contributed by atoms with van der Waals surface area (Å²) in [6.45, 7) is 4.25. The number of nitrogens with zero attached hydrogens (tertiary/aromatic N) is 1. The monoisotopic (exact) mass is 497 g/mol. The zero-order valence-electron chi connectivity index (χ0n) is 22.0. The van der Waals surface area contributed by atoms with Crippen molar-refractivity contribution in [1.82, 2.24) is 4.90 Å². The number of allylic oxidation sites excluding steroid dienone is 2. The number of Topliss-reactive ketones (excluding diaryl/α,β-unsaturated/α-hetero) is 1. The van der Waals surface area contributed by atoms with Gasteiger partial charge in [-0.05, 0) is 103 Å². The summed E-state index contributed by atoms with van der Waals surface area (Å²) < 4.78 is 17.0. The number of hydrogen-bond donors (Lipinski definition) is 0. The molecule has 1 atom stereocenters. The van der Waals surface area contributed by atoms with Crippen molar-refractivity contribution in [3.63, 3.8) is 0 Å². The van der Waals surface area contributed by atoms with Crippen molar-refractivity contribution in [1.29, 1.82) is 0 Å². The number of benzene rings is 3. The van der Waals surface area contributed by atoms with E-state index in [1.54, 1.807) is 14.2 Å². The lowest BCUT2D eigenvalue weighted by molar-refractivity contribution is 0.0262. The molecule has 37 heavy (non-hydrogen) atoms. The predicted octanol–water partition coefficient (Wildman–Crippen LogP) is 6.65. The van der Waals surface area contributed by atoms with Gasteiger partial charge in [0.15, 0.2) is 5.78 Å². The maximum absolute atomic E-state index is 14.0. The second-order valence-corrected chi connectivity index (χ2v) is 9.77. The molecule has 0 spiro atoms. The number of carbonyl (C=O) groups excluding carboxylic acids is 1. The van der Waals surface area contributed by atoms with E-state index in [1.165, 1.54) is 19.3 Å². The third-order valence-electron chi connectivity index (χ3n) is 7.52. The number of piperidine rings is 1. The van der Waals surface area contributed by atoms with Gasteiger partial charge in [-0.1, -0.05) is 24.6 Å². The molecule has 1 fully saturated rings.